The molecule has 2 rings (SSSR count). The summed E-state index contributed by atoms with van der Waals surface area (Å²) in [5.74, 6) is -0.215. The Balaban J connectivity index is 2.69. The molecule has 0 amide bonds. The SMILES string of the molecule is CCOc1ccc2c(c1)c(C)c(C(=O)O)n2COC. The first-order valence-electron chi connectivity index (χ1n) is 6.08. The van der Waals surface area contributed by atoms with E-state index in [1.165, 1.54) is 0 Å². The molecule has 1 heterocycles. The molecule has 1 N–H and O–H groups in total. The summed E-state index contributed by atoms with van der Waals surface area (Å²) in [7, 11) is 1.54. The first kappa shape index (κ1) is 13.4. The average Bonchev–Trinajstić information content (AvgIpc) is 2.64. The van der Waals surface area contributed by atoms with Crippen LogP contribution in [0.2, 0.25) is 0 Å². The van der Waals surface area contributed by atoms with Crippen molar-refractivity contribution in [3.8, 4) is 5.75 Å². The molecule has 5 nitrogen and oxygen atoms in total. The normalized spacial score (nSPS) is 10.9. The molecule has 0 fully saturated rings. The van der Waals surface area contributed by atoms with Gasteiger partial charge >= 0.3 is 5.97 Å². The zero-order valence-corrected chi connectivity index (χ0v) is 11.3. The van der Waals surface area contributed by atoms with Crippen LogP contribution in [-0.4, -0.2) is 29.4 Å². The van der Waals surface area contributed by atoms with Crippen molar-refractivity contribution in [1.29, 1.82) is 0 Å². The first-order chi connectivity index (χ1) is 9.10. The van der Waals surface area contributed by atoms with E-state index in [1.54, 1.807) is 18.6 Å². The largest absolute Gasteiger partial charge is 0.494 e. The molecule has 0 aliphatic heterocycles. The first-order valence-corrected chi connectivity index (χ1v) is 6.08. The summed E-state index contributed by atoms with van der Waals surface area (Å²) in [6.07, 6.45) is 0. The maximum absolute atomic E-state index is 11.4. The topological polar surface area (TPSA) is 60.7 Å². The van der Waals surface area contributed by atoms with Gasteiger partial charge in [-0.1, -0.05) is 0 Å². The van der Waals surface area contributed by atoms with E-state index in [9.17, 15) is 9.90 Å². The standard InChI is InChI=1S/C14H17NO4/c1-4-19-10-5-6-12-11(7-10)9(2)13(14(16)17)15(12)8-18-3/h5-7H,4,8H2,1-3H3,(H,16,17). The number of carbonyl (C=O) groups is 1. The van der Waals surface area contributed by atoms with Crippen LogP contribution in [0.1, 0.15) is 23.0 Å². The minimum atomic E-state index is -0.955. The second-order valence-electron chi connectivity index (χ2n) is 4.24. The van der Waals surface area contributed by atoms with Crippen molar-refractivity contribution in [3.63, 3.8) is 0 Å². The Hall–Kier alpha value is -2.01. The number of benzene rings is 1. The molecule has 0 aliphatic rings. The fourth-order valence-electron chi connectivity index (χ4n) is 2.30. The molecule has 0 saturated carbocycles. The van der Waals surface area contributed by atoms with Crippen molar-refractivity contribution in [2.45, 2.75) is 20.6 Å². The number of hydrogen-bond acceptors (Lipinski definition) is 3. The summed E-state index contributed by atoms with van der Waals surface area (Å²) < 4.78 is 12.2. The van der Waals surface area contributed by atoms with Gasteiger partial charge in [0.1, 0.15) is 18.2 Å². The van der Waals surface area contributed by atoms with Crippen molar-refractivity contribution in [2.75, 3.05) is 13.7 Å². The minimum Gasteiger partial charge on any atom is -0.494 e. The number of methoxy groups -OCH3 is 1. The summed E-state index contributed by atoms with van der Waals surface area (Å²) in [5, 5.41) is 10.2. The van der Waals surface area contributed by atoms with Gasteiger partial charge in [-0.25, -0.2) is 4.79 Å². The molecule has 19 heavy (non-hydrogen) atoms. The zero-order chi connectivity index (χ0) is 14.0. The third-order valence-electron chi connectivity index (χ3n) is 3.06. The Labute approximate surface area is 111 Å². The van der Waals surface area contributed by atoms with Crippen LogP contribution in [0.5, 0.6) is 5.75 Å². The lowest BCUT2D eigenvalue weighted by atomic mass is 10.1. The maximum atomic E-state index is 11.4. The molecular weight excluding hydrogens is 246 g/mol. The smallest absolute Gasteiger partial charge is 0.352 e. The number of fused-ring (bicyclic) bond motifs is 1. The highest BCUT2D eigenvalue weighted by atomic mass is 16.5. The fraction of sp³-hybridized carbons (Fsp3) is 0.357. The summed E-state index contributed by atoms with van der Waals surface area (Å²) in [6.45, 7) is 4.50. The summed E-state index contributed by atoms with van der Waals surface area (Å²) in [4.78, 5) is 11.4. The molecule has 2 aromatic rings. The predicted octanol–water partition coefficient (Wildman–Crippen LogP) is 2.65. The van der Waals surface area contributed by atoms with Gasteiger partial charge in [-0.05, 0) is 37.6 Å². The molecule has 1 aromatic heterocycles. The van der Waals surface area contributed by atoms with E-state index < -0.39 is 5.97 Å². The van der Waals surface area contributed by atoms with Crippen LogP contribution < -0.4 is 4.74 Å². The number of hydrogen-bond donors (Lipinski definition) is 1. The van der Waals surface area contributed by atoms with Crippen LogP contribution in [0.25, 0.3) is 10.9 Å². The molecule has 0 atom stereocenters. The molecule has 1 aromatic carbocycles. The number of aryl methyl sites for hydroxylation is 1. The molecule has 0 saturated heterocycles. The maximum Gasteiger partial charge on any atom is 0.352 e. The molecule has 5 heteroatoms. The number of rotatable bonds is 5. The van der Waals surface area contributed by atoms with Gasteiger partial charge in [-0.2, -0.15) is 0 Å². The highest BCUT2D eigenvalue weighted by Gasteiger charge is 2.19. The van der Waals surface area contributed by atoms with Crippen LogP contribution in [0.3, 0.4) is 0 Å². The lowest BCUT2D eigenvalue weighted by Gasteiger charge is -2.07. The van der Waals surface area contributed by atoms with E-state index >= 15 is 0 Å². The van der Waals surface area contributed by atoms with Crippen molar-refractivity contribution in [3.05, 3.63) is 29.5 Å². The van der Waals surface area contributed by atoms with Crippen molar-refractivity contribution < 1.29 is 19.4 Å². The second kappa shape index (κ2) is 5.32. The molecule has 0 unspecified atom stereocenters. The van der Waals surface area contributed by atoms with E-state index in [0.717, 1.165) is 22.2 Å². The number of nitrogens with zero attached hydrogens (tertiary/aromatic N) is 1. The van der Waals surface area contributed by atoms with Crippen LogP contribution in [-0.2, 0) is 11.5 Å². The third-order valence-corrected chi connectivity index (χ3v) is 3.06. The van der Waals surface area contributed by atoms with E-state index in [1.807, 2.05) is 25.1 Å². The Bertz CT molecular complexity index is 615. The molecule has 0 radical (unpaired) electrons. The van der Waals surface area contributed by atoms with Crippen molar-refractivity contribution >= 4 is 16.9 Å². The van der Waals surface area contributed by atoms with Crippen LogP contribution >= 0.6 is 0 Å². The van der Waals surface area contributed by atoms with Crippen LogP contribution in [0.4, 0.5) is 0 Å². The molecular formula is C14H17NO4. The van der Waals surface area contributed by atoms with Gasteiger partial charge < -0.3 is 19.1 Å². The van der Waals surface area contributed by atoms with Crippen LogP contribution in [0, 0.1) is 6.92 Å². The third kappa shape index (κ3) is 2.29. The Kier molecular flexibility index (Phi) is 3.76. The summed E-state index contributed by atoms with van der Waals surface area (Å²) in [5.41, 5.74) is 1.81. The lowest BCUT2D eigenvalue weighted by Crippen LogP contribution is -2.10. The fourth-order valence-corrected chi connectivity index (χ4v) is 2.30. The van der Waals surface area contributed by atoms with E-state index in [0.29, 0.717) is 6.61 Å². The van der Waals surface area contributed by atoms with Gasteiger partial charge in [-0.3, -0.25) is 0 Å². The monoisotopic (exact) mass is 263 g/mol. The van der Waals surface area contributed by atoms with E-state index in [4.69, 9.17) is 9.47 Å². The van der Waals surface area contributed by atoms with Gasteiger partial charge in [0.15, 0.2) is 0 Å². The quantitative estimate of drug-likeness (QED) is 0.900. The van der Waals surface area contributed by atoms with Gasteiger partial charge in [0, 0.05) is 12.5 Å². The number of aromatic carboxylic acids is 1. The number of aromatic nitrogens is 1. The highest BCUT2D eigenvalue weighted by molar-refractivity contribution is 5.98. The number of ether oxygens (including phenoxy) is 2. The van der Waals surface area contributed by atoms with Crippen molar-refractivity contribution in [1.82, 2.24) is 4.57 Å². The Morgan fingerprint density at radius 1 is 1.42 bits per heavy atom. The number of carboxylic acids is 1. The summed E-state index contributed by atoms with van der Waals surface area (Å²) in [6, 6.07) is 5.56. The van der Waals surface area contributed by atoms with Gasteiger partial charge in [0.05, 0.1) is 12.1 Å². The number of carboxylic acid groups (broad SMARTS) is 1. The minimum absolute atomic E-state index is 0.208. The Morgan fingerprint density at radius 3 is 2.74 bits per heavy atom. The average molecular weight is 263 g/mol. The lowest BCUT2D eigenvalue weighted by molar-refractivity contribution is 0.0663. The second-order valence-corrected chi connectivity index (χ2v) is 4.24. The molecule has 0 bridgehead atoms. The highest BCUT2D eigenvalue weighted by Crippen LogP contribution is 2.29. The molecule has 0 spiro atoms. The van der Waals surface area contributed by atoms with Crippen LogP contribution in [0.15, 0.2) is 18.2 Å². The van der Waals surface area contributed by atoms with Crippen molar-refractivity contribution in [2.24, 2.45) is 0 Å². The molecule has 0 aliphatic carbocycles. The zero-order valence-electron chi connectivity index (χ0n) is 11.3. The molecule has 102 valence electrons. The summed E-state index contributed by atoms with van der Waals surface area (Å²) >= 11 is 0. The van der Waals surface area contributed by atoms with Gasteiger partial charge in [-0.15, -0.1) is 0 Å². The predicted molar refractivity (Wildman–Crippen MR) is 71.8 cm³/mol. The van der Waals surface area contributed by atoms with Gasteiger partial charge in [0.25, 0.3) is 0 Å². The Morgan fingerprint density at radius 2 is 2.16 bits per heavy atom. The van der Waals surface area contributed by atoms with E-state index in [2.05, 4.69) is 0 Å². The van der Waals surface area contributed by atoms with E-state index in [-0.39, 0.29) is 12.4 Å². The van der Waals surface area contributed by atoms with Gasteiger partial charge in [0.2, 0.25) is 0 Å².